The molecule has 0 aliphatic rings. The molecule has 0 bridgehead atoms. The molecule has 3 heteroatoms. The molecular formula is C10H20ClNO. The average molecular weight is 206 g/mol. The van der Waals surface area contributed by atoms with Crippen LogP contribution in [-0.4, -0.2) is 17.8 Å². The molecule has 0 saturated heterocycles. The number of hydrogen-bond donors (Lipinski definition) is 1. The Kier molecular flexibility index (Phi) is 8.21. The summed E-state index contributed by atoms with van der Waals surface area (Å²) in [5, 5.41) is 2.96. The fraction of sp³-hybridized carbons (Fsp3) is 0.900. The van der Waals surface area contributed by atoms with Crippen molar-refractivity contribution in [3.8, 4) is 0 Å². The average Bonchev–Trinajstić information content (AvgIpc) is 2.05. The highest BCUT2D eigenvalue weighted by molar-refractivity contribution is 6.17. The maximum Gasteiger partial charge on any atom is 0.220 e. The van der Waals surface area contributed by atoms with Crippen LogP contribution in [0.25, 0.3) is 0 Å². The van der Waals surface area contributed by atoms with Gasteiger partial charge in [0.25, 0.3) is 0 Å². The molecule has 13 heavy (non-hydrogen) atoms. The smallest absolute Gasteiger partial charge is 0.220 e. The molecule has 0 aromatic rings. The minimum absolute atomic E-state index is 0.158. The van der Waals surface area contributed by atoms with Crippen LogP contribution in [0.1, 0.15) is 46.0 Å². The first-order valence-electron chi connectivity index (χ1n) is 5.06. The first-order chi connectivity index (χ1) is 6.20. The van der Waals surface area contributed by atoms with Crippen LogP contribution in [0, 0.1) is 0 Å². The molecule has 78 valence electrons. The van der Waals surface area contributed by atoms with E-state index in [1.54, 1.807) is 0 Å². The van der Waals surface area contributed by atoms with E-state index in [2.05, 4.69) is 12.2 Å². The number of carbonyl (C=O) groups excluding carboxylic acids is 1. The Labute approximate surface area is 86.0 Å². The van der Waals surface area contributed by atoms with Crippen molar-refractivity contribution in [1.82, 2.24) is 5.32 Å². The SMILES string of the molecule is CCCC(C)NC(=O)CCCCCl. The molecule has 0 aromatic heterocycles. The molecule has 0 rings (SSSR count). The Morgan fingerprint density at radius 2 is 2.15 bits per heavy atom. The van der Waals surface area contributed by atoms with E-state index in [-0.39, 0.29) is 5.91 Å². The normalized spacial score (nSPS) is 12.5. The van der Waals surface area contributed by atoms with E-state index in [0.29, 0.717) is 18.3 Å². The van der Waals surface area contributed by atoms with Crippen molar-refractivity contribution >= 4 is 17.5 Å². The molecule has 0 heterocycles. The minimum atomic E-state index is 0.158. The van der Waals surface area contributed by atoms with E-state index >= 15 is 0 Å². The highest BCUT2D eigenvalue weighted by atomic mass is 35.5. The third kappa shape index (κ3) is 8.10. The van der Waals surface area contributed by atoms with Gasteiger partial charge in [0.2, 0.25) is 5.91 Å². The molecule has 0 aromatic carbocycles. The Bertz CT molecular complexity index is 139. The second-order valence-corrected chi connectivity index (χ2v) is 3.78. The fourth-order valence-corrected chi connectivity index (χ4v) is 1.42. The number of amides is 1. The zero-order valence-electron chi connectivity index (χ0n) is 8.61. The summed E-state index contributed by atoms with van der Waals surface area (Å²) in [4.78, 5) is 11.2. The second-order valence-electron chi connectivity index (χ2n) is 3.40. The van der Waals surface area contributed by atoms with Gasteiger partial charge in [-0.1, -0.05) is 13.3 Å². The quantitative estimate of drug-likeness (QED) is 0.503. The Balaban J connectivity index is 3.38. The molecule has 1 unspecified atom stereocenters. The topological polar surface area (TPSA) is 29.1 Å². The number of carbonyl (C=O) groups is 1. The van der Waals surface area contributed by atoms with Crippen LogP contribution in [-0.2, 0) is 4.79 Å². The summed E-state index contributed by atoms with van der Waals surface area (Å²) >= 11 is 5.51. The zero-order valence-corrected chi connectivity index (χ0v) is 9.36. The van der Waals surface area contributed by atoms with Gasteiger partial charge in [-0.05, 0) is 26.2 Å². The number of halogens is 1. The monoisotopic (exact) mass is 205 g/mol. The zero-order chi connectivity index (χ0) is 10.1. The van der Waals surface area contributed by atoms with E-state index in [9.17, 15) is 4.79 Å². The summed E-state index contributed by atoms with van der Waals surface area (Å²) in [7, 11) is 0. The van der Waals surface area contributed by atoms with Crippen molar-refractivity contribution in [2.75, 3.05) is 5.88 Å². The predicted molar refractivity (Wildman–Crippen MR) is 57.1 cm³/mol. The van der Waals surface area contributed by atoms with Gasteiger partial charge >= 0.3 is 0 Å². The molecule has 0 spiro atoms. The highest BCUT2D eigenvalue weighted by Gasteiger charge is 2.05. The van der Waals surface area contributed by atoms with Gasteiger partial charge in [0.05, 0.1) is 0 Å². The van der Waals surface area contributed by atoms with Crippen molar-refractivity contribution in [2.24, 2.45) is 0 Å². The molecule has 0 aliphatic heterocycles. The molecule has 0 aliphatic carbocycles. The van der Waals surface area contributed by atoms with Gasteiger partial charge in [-0.2, -0.15) is 0 Å². The lowest BCUT2D eigenvalue weighted by molar-refractivity contribution is -0.121. The van der Waals surface area contributed by atoms with Crippen LogP contribution >= 0.6 is 11.6 Å². The summed E-state index contributed by atoms with van der Waals surface area (Å²) in [5.41, 5.74) is 0. The summed E-state index contributed by atoms with van der Waals surface area (Å²) in [5.74, 6) is 0.809. The lowest BCUT2D eigenvalue weighted by Gasteiger charge is -2.12. The van der Waals surface area contributed by atoms with Gasteiger partial charge in [-0.15, -0.1) is 11.6 Å². The Morgan fingerprint density at radius 1 is 1.46 bits per heavy atom. The summed E-state index contributed by atoms with van der Waals surface area (Å²) in [6.07, 6.45) is 4.61. The van der Waals surface area contributed by atoms with Gasteiger partial charge in [-0.25, -0.2) is 0 Å². The molecule has 0 radical (unpaired) electrons. The van der Waals surface area contributed by atoms with E-state index < -0.39 is 0 Å². The van der Waals surface area contributed by atoms with E-state index in [1.807, 2.05) is 6.92 Å². The molecular weight excluding hydrogens is 186 g/mol. The number of alkyl halides is 1. The van der Waals surface area contributed by atoms with Crippen molar-refractivity contribution in [1.29, 1.82) is 0 Å². The first-order valence-corrected chi connectivity index (χ1v) is 5.59. The van der Waals surface area contributed by atoms with Crippen LogP contribution in [0.15, 0.2) is 0 Å². The molecule has 1 amide bonds. The van der Waals surface area contributed by atoms with Crippen LogP contribution in [0.3, 0.4) is 0 Å². The predicted octanol–water partition coefficient (Wildman–Crippen LogP) is 2.70. The van der Waals surface area contributed by atoms with E-state index in [0.717, 1.165) is 25.7 Å². The number of rotatable bonds is 7. The van der Waals surface area contributed by atoms with Crippen LogP contribution < -0.4 is 5.32 Å². The number of hydrogen-bond acceptors (Lipinski definition) is 1. The van der Waals surface area contributed by atoms with Crippen molar-refractivity contribution in [2.45, 2.75) is 52.0 Å². The molecule has 1 N–H and O–H groups in total. The van der Waals surface area contributed by atoms with Gasteiger partial charge < -0.3 is 5.32 Å². The van der Waals surface area contributed by atoms with Crippen LogP contribution in [0.2, 0.25) is 0 Å². The van der Waals surface area contributed by atoms with Crippen molar-refractivity contribution in [3.63, 3.8) is 0 Å². The largest absolute Gasteiger partial charge is 0.354 e. The Hall–Kier alpha value is -0.240. The lowest BCUT2D eigenvalue weighted by Crippen LogP contribution is -2.32. The standard InChI is InChI=1S/C10H20ClNO/c1-3-6-9(2)12-10(13)7-4-5-8-11/h9H,3-8H2,1-2H3,(H,12,13). The van der Waals surface area contributed by atoms with Gasteiger partial charge in [0, 0.05) is 18.3 Å². The fourth-order valence-electron chi connectivity index (χ4n) is 1.23. The van der Waals surface area contributed by atoms with Crippen molar-refractivity contribution < 1.29 is 4.79 Å². The Morgan fingerprint density at radius 3 is 2.69 bits per heavy atom. The third-order valence-corrected chi connectivity index (χ3v) is 2.18. The maximum absolute atomic E-state index is 11.2. The summed E-state index contributed by atoms with van der Waals surface area (Å²) < 4.78 is 0. The highest BCUT2D eigenvalue weighted by Crippen LogP contribution is 1.99. The van der Waals surface area contributed by atoms with Gasteiger partial charge in [0.15, 0.2) is 0 Å². The van der Waals surface area contributed by atoms with Gasteiger partial charge in [0.1, 0.15) is 0 Å². The third-order valence-electron chi connectivity index (χ3n) is 1.92. The van der Waals surface area contributed by atoms with Crippen molar-refractivity contribution in [3.05, 3.63) is 0 Å². The second kappa shape index (κ2) is 8.36. The summed E-state index contributed by atoms with van der Waals surface area (Å²) in [6, 6.07) is 0.313. The van der Waals surface area contributed by atoms with E-state index in [4.69, 9.17) is 11.6 Å². The molecule has 1 atom stereocenters. The van der Waals surface area contributed by atoms with Gasteiger partial charge in [-0.3, -0.25) is 4.79 Å². The molecule has 0 fully saturated rings. The number of unbranched alkanes of at least 4 members (excludes halogenated alkanes) is 1. The minimum Gasteiger partial charge on any atom is -0.354 e. The molecule has 0 saturated carbocycles. The lowest BCUT2D eigenvalue weighted by atomic mass is 10.2. The van der Waals surface area contributed by atoms with E-state index in [1.165, 1.54) is 0 Å². The molecule has 2 nitrogen and oxygen atoms in total. The van der Waals surface area contributed by atoms with Crippen LogP contribution in [0.4, 0.5) is 0 Å². The summed E-state index contributed by atoms with van der Waals surface area (Å²) in [6.45, 7) is 4.17. The first kappa shape index (κ1) is 12.8. The van der Waals surface area contributed by atoms with Crippen LogP contribution in [0.5, 0.6) is 0 Å². The maximum atomic E-state index is 11.2. The number of nitrogens with one attached hydrogen (secondary N) is 1.